The molecule has 0 amide bonds. The second kappa shape index (κ2) is 4.04. The normalized spacial score (nSPS) is 10.7. The van der Waals surface area contributed by atoms with Gasteiger partial charge in [0.25, 0.3) is 0 Å². The summed E-state index contributed by atoms with van der Waals surface area (Å²) >= 11 is 5.97. The summed E-state index contributed by atoms with van der Waals surface area (Å²) in [5.41, 5.74) is 1.58. The van der Waals surface area contributed by atoms with Crippen LogP contribution < -0.4 is 16.6 Å². The van der Waals surface area contributed by atoms with Gasteiger partial charge in [0.2, 0.25) is 0 Å². The van der Waals surface area contributed by atoms with Gasteiger partial charge >= 0.3 is 11.1 Å². The highest BCUT2D eigenvalue weighted by Crippen LogP contribution is 2.22. The third-order valence-electron chi connectivity index (χ3n) is 2.08. The number of nitrogens with one attached hydrogen (secondary N) is 1. The number of halogens is 2. The first-order chi connectivity index (χ1) is 7.57. The zero-order chi connectivity index (χ0) is 11.9. The van der Waals surface area contributed by atoms with Crippen molar-refractivity contribution in [3.63, 3.8) is 0 Å². The average Bonchev–Trinajstić information content (AvgIpc) is 2.32. The summed E-state index contributed by atoms with van der Waals surface area (Å²) < 4.78 is 2.05. The molecule has 0 aliphatic heterocycles. The summed E-state index contributed by atoms with van der Waals surface area (Å²) in [6.07, 6.45) is 0. The van der Waals surface area contributed by atoms with Crippen molar-refractivity contribution in [1.82, 2.24) is 7.19 Å². The van der Waals surface area contributed by atoms with Crippen molar-refractivity contribution in [2.24, 2.45) is 0 Å². The fourth-order valence-corrected chi connectivity index (χ4v) is 2.33. The molecule has 0 atom stereocenters. The van der Waals surface area contributed by atoms with Crippen molar-refractivity contribution in [2.45, 2.75) is 0 Å². The van der Waals surface area contributed by atoms with Crippen LogP contribution in [0.4, 0.5) is 5.69 Å². The van der Waals surface area contributed by atoms with E-state index in [1.165, 1.54) is 0 Å². The van der Waals surface area contributed by atoms with E-state index in [-0.39, 0.29) is 0 Å². The van der Waals surface area contributed by atoms with Gasteiger partial charge in [-0.15, -0.1) is 0 Å². The number of para-hydroxylation sites is 1. The third kappa shape index (κ3) is 1.49. The van der Waals surface area contributed by atoms with Crippen LogP contribution in [0.5, 0.6) is 0 Å². The van der Waals surface area contributed by atoms with Crippen LogP contribution in [-0.2, 0) is 0 Å². The van der Waals surface area contributed by atoms with Gasteiger partial charge < -0.3 is 0 Å². The van der Waals surface area contributed by atoms with E-state index in [9.17, 15) is 9.59 Å². The van der Waals surface area contributed by atoms with Gasteiger partial charge in [0.1, 0.15) is 5.52 Å². The molecule has 1 aromatic carbocycles. The minimum absolute atomic E-state index is 0.305. The molecule has 2 aromatic rings. The second-order valence-electron chi connectivity index (χ2n) is 2.96. The van der Waals surface area contributed by atoms with E-state index in [1.54, 1.807) is 18.2 Å². The molecule has 0 bridgehead atoms. The maximum atomic E-state index is 11.5. The molecular weight excluding hydrogens is 346 g/mol. The van der Waals surface area contributed by atoms with Gasteiger partial charge in [0.05, 0.1) is 43.5 Å². The largest absolute Gasteiger partial charge is 0.328 e. The fraction of sp³-hybridized carbons (Fsp3) is 0. The van der Waals surface area contributed by atoms with E-state index in [4.69, 9.17) is 5.21 Å². The highest BCUT2D eigenvalue weighted by atomic mass is 79.9. The lowest BCUT2D eigenvalue weighted by Crippen LogP contribution is -2.36. The summed E-state index contributed by atoms with van der Waals surface area (Å²) in [6, 6.07) is 4.83. The Morgan fingerprint density at radius 2 is 1.75 bits per heavy atom. The van der Waals surface area contributed by atoms with Gasteiger partial charge in [-0.2, -0.15) is 0 Å². The number of rotatable bonds is 1. The summed E-state index contributed by atoms with van der Waals surface area (Å²) in [5, 5.41) is 8.92. The predicted octanol–water partition coefficient (Wildman–Crippen LogP) is 1.28. The van der Waals surface area contributed by atoms with Gasteiger partial charge in [0.15, 0.2) is 0 Å². The predicted molar refractivity (Wildman–Crippen MR) is 66.5 cm³/mol. The van der Waals surface area contributed by atoms with E-state index in [0.29, 0.717) is 16.7 Å². The van der Waals surface area contributed by atoms with Crippen LogP contribution in [0.2, 0.25) is 0 Å². The molecule has 0 spiro atoms. The molecule has 0 aliphatic rings. The van der Waals surface area contributed by atoms with Crippen LogP contribution in [0, 0.1) is 0 Å². The van der Waals surface area contributed by atoms with Crippen molar-refractivity contribution in [1.29, 1.82) is 0 Å². The highest BCUT2D eigenvalue weighted by molar-refractivity contribution is 9.08. The molecule has 2 rings (SSSR count). The topological polar surface area (TPSA) is 76.3 Å². The number of nitrogens with zero attached hydrogens (tertiary/aromatic N) is 2. The molecule has 0 saturated carbocycles. The smallest absolute Gasteiger partial charge is 0.291 e. The van der Waals surface area contributed by atoms with Crippen LogP contribution in [0.15, 0.2) is 27.8 Å². The third-order valence-corrected chi connectivity index (χ3v) is 3.46. The summed E-state index contributed by atoms with van der Waals surface area (Å²) in [5.74, 6) is 0. The van der Waals surface area contributed by atoms with Crippen molar-refractivity contribution in [3.8, 4) is 0 Å². The molecule has 2 N–H and O–H groups in total. The molecular formula is C8H5Br2N3O3. The lowest BCUT2D eigenvalue weighted by molar-refractivity contribution is 0.389. The number of anilines is 1. The Morgan fingerprint density at radius 1 is 1.12 bits per heavy atom. The first-order valence-corrected chi connectivity index (χ1v) is 5.53. The van der Waals surface area contributed by atoms with E-state index < -0.39 is 11.1 Å². The first kappa shape index (κ1) is 11.4. The molecule has 1 aromatic heterocycles. The molecule has 1 heterocycles. The maximum Gasteiger partial charge on any atom is 0.328 e. The first-order valence-electron chi connectivity index (χ1n) is 4.11. The Morgan fingerprint density at radius 3 is 2.38 bits per heavy atom. The van der Waals surface area contributed by atoms with Crippen molar-refractivity contribution in [2.75, 3.05) is 5.48 Å². The standard InChI is InChI=1S/C8H5Br2N3O3/c9-12-5-3-1-2-4(11-16)6(5)13(10)8(15)7(12)14/h1-3,11,16H. The minimum Gasteiger partial charge on any atom is -0.291 e. The Bertz CT molecular complexity index is 677. The zero-order valence-electron chi connectivity index (χ0n) is 7.65. The van der Waals surface area contributed by atoms with E-state index in [2.05, 4.69) is 32.3 Å². The number of benzene rings is 1. The van der Waals surface area contributed by atoms with Gasteiger partial charge in [0, 0.05) is 0 Å². The van der Waals surface area contributed by atoms with Crippen LogP contribution in [0.1, 0.15) is 0 Å². The lowest BCUT2D eigenvalue weighted by Gasteiger charge is -2.09. The summed E-state index contributed by atoms with van der Waals surface area (Å²) in [6.45, 7) is 0. The SMILES string of the molecule is O=c1c(=O)n(Br)c2c(NO)cccc2n1Br. The Hall–Kier alpha value is -1.12. The molecule has 84 valence electrons. The van der Waals surface area contributed by atoms with Gasteiger partial charge in [-0.3, -0.25) is 20.3 Å². The summed E-state index contributed by atoms with van der Waals surface area (Å²) in [4.78, 5) is 23.0. The number of fused-ring (bicyclic) bond motifs is 1. The van der Waals surface area contributed by atoms with Crippen molar-refractivity contribution < 1.29 is 5.21 Å². The number of hydrogen-bond acceptors (Lipinski definition) is 4. The monoisotopic (exact) mass is 349 g/mol. The Labute approximate surface area is 106 Å². The molecule has 8 heteroatoms. The molecule has 0 fully saturated rings. The lowest BCUT2D eigenvalue weighted by atomic mass is 10.2. The molecule has 16 heavy (non-hydrogen) atoms. The summed E-state index contributed by atoms with van der Waals surface area (Å²) in [7, 11) is 0. The maximum absolute atomic E-state index is 11.5. The number of aromatic nitrogens is 2. The van der Waals surface area contributed by atoms with E-state index >= 15 is 0 Å². The number of hydrogen-bond donors (Lipinski definition) is 2. The Kier molecular flexibility index (Phi) is 2.87. The van der Waals surface area contributed by atoms with Crippen LogP contribution >= 0.6 is 32.3 Å². The highest BCUT2D eigenvalue weighted by Gasteiger charge is 2.12. The zero-order valence-corrected chi connectivity index (χ0v) is 10.8. The minimum atomic E-state index is -0.757. The Balaban J connectivity index is 3.15. The average molecular weight is 351 g/mol. The van der Waals surface area contributed by atoms with Gasteiger partial charge in [-0.1, -0.05) is 6.07 Å². The van der Waals surface area contributed by atoms with Crippen LogP contribution in [-0.4, -0.2) is 12.4 Å². The molecule has 0 radical (unpaired) electrons. The van der Waals surface area contributed by atoms with Gasteiger partial charge in [-0.05, 0) is 12.1 Å². The van der Waals surface area contributed by atoms with E-state index in [0.717, 1.165) is 7.19 Å². The van der Waals surface area contributed by atoms with Crippen molar-refractivity contribution >= 4 is 49.0 Å². The second-order valence-corrected chi connectivity index (χ2v) is 4.38. The molecule has 6 nitrogen and oxygen atoms in total. The quantitative estimate of drug-likeness (QED) is 0.600. The molecule has 0 unspecified atom stereocenters. The van der Waals surface area contributed by atoms with Gasteiger partial charge in [-0.25, -0.2) is 7.19 Å². The molecule has 0 aliphatic carbocycles. The van der Waals surface area contributed by atoms with Crippen LogP contribution in [0.25, 0.3) is 11.0 Å². The fourth-order valence-electron chi connectivity index (χ4n) is 1.37. The molecule has 0 saturated heterocycles. The van der Waals surface area contributed by atoms with E-state index in [1.807, 2.05) is 5.48 Å². The van der Waals surface area contributed by atoms with Crippen molar-refractivity contribution in [3.05, 3.63) is 38.9 Å². The van der Waals surface area contributed by atoms with Crippen LogP contribution in [0.3, 0.4) is 0 Å².